The monoisotopic (exact) mass is 478 g/mol. The predicted octanol–water partition coefficient (Wildman–Crippen LogP) is 3.11. The Labute approximate surface area is 202 Å². The summed E-state index contributed by atoms with van der Waals surface area (Å²) in [5, 5.41) is 6.06. The number of nitrogens with one attached hydrogen (secondary N) is 2. The summed E-state index contributed by atoms with van der Waals surface area (Å²) < 4.78 is 25.9. The van der Waals surface area contributed by atoms with Crippen molar-refractivity contribution in [1.82, 2.24) is 24.8 Å². The van der Waals surface area contributed by atoms with Crippen LogP contribution < -0.4 is 15.4 Å². The molecule has 0 atom stereocenters. The Balaban J connectivity index is 1.26. The first-order chi connectivity index (χ1) is 17.0. The van der Waals surface area contributed by atoms with Crippen molar-refractivity contribution in [2.45, 2.75) is 13.0 Å². The molecular weight excluding hydrogens is 451 g/mol. The maximum absolute atomic E-state index is 13.5. The van der Waals surface area contributed by atoms with Gasteiger partial charge in [-0.1, -0.05) is 0 Å². The van der Waals surface area contributed by atoms with Gasteiger partial charge in [0, 0.05) is 45.6 Å². The first-order valence-corrected chi connectivity index (χ1v) is 11.2. The second-order valence-electron chi connectivity index (χ2n) is 7.84. The van der Waals surface area contributed by atoms with Crippen LogP contribution in [0, 0.1) is 5.82 Å². The number of pyridine rings is 2. The second kappa shape index (κ2) is 11.4. The van der Waals surface area contributed by atoms with E-state index in [1.54, 1.807) is 43.6 Å². The lowest BCUT2D eigenvalue weighted by molar-refractivity contribution is 0.0950. The number of ether oxygens (including phenoxy) is 2. The van der Waals surface area contributed by atoms with E-state index in [-0.39, 0.29) is 18.3 Å². The number of carbonyl (C=O) groups excluding carboxylic acids is 1. The zero-order chi connectivity index (χ0) is 24.6. The second-order valence-corrected chi connectivity index (χ2v) is 7.84. The summed E-state index contributed by atoms with van der Waals surface area (Å²) in [4.78, 5) is 25.6. The van der Waals surface area contributed by atoms with Crippen LogP contribution in [0.5, 0.6) is 5.75 Å². The third kappa shape index (κ3) is 6.30. The van der Waals surface area contributed by atoms with E-state index in [2.05, 4.69) is 25.6 Å². The number of amides is 1. The molecule has 0 spiro atoms. The summed E-state index contributed by atoms with van der Waals surface area (Å²) >= 11 is 0. The normalized spacial score (nSPS) is 10.9. The molecule has 0 saturated carbocycles. The van der Waals surface area contributed by atoms with Crippen molar-refractivity contribution in [2.75, 3.05) is 32.2 Å². The molecule has 0 aliphatic heterocycles. The molecule has 0 aliphatic rings. The molecule has 9 nitrogen and oxygen atoms in total. The summed E-state index contributed by atoms with van der Waals surface area (Å²) in [5.74, 6) is 1.63. The lowest BCUT2D eigenvalue weighted by Crippen LogP contribution is -2.23. The van der Waals surface area contributed by atoms with E-state index in [4.69, 9.17) is 9.47 Å². The highest BCUT2D eigenvalue weighted by molar-refractivity contribution is 5.94. The predicted molar refractivity (Wildman–Crippen MR) is 130 cm³/mol. The van der Waals surface area contributed by atoms with E-state index >= 15 is 0 Å². The van der Waals surface area contributed by atoms with Crippen molar-refractivity contribution < 1.29 is 18.7 Å². The number of hydrogen-bond donors (Lipinski definition) is 2. The van der Waals surface area contributed by atoms with Gasteiger partial charge in [-0.2, -0.15) is 0 Å². The molecule has 2 N–H and O–H groups in total. The third-order valence-electron chi connectivity index (χ3n) is 5.39. The van der Waals surface area contributed by atoms with Crippen molar-refractivity contribution in [2.24, 2.45) is 7.05 Å². The van der Waals surface area contributed by atoms with E-state index in [0.29, 0.717) is 49.0 Å². The van der Waals surface area contributed by atoms with Gasteiger partial charge < -0.3 is 24.7 Å². The Hall–Kier alpha value is -4.05. The van der Waals surface area contributed by atoms with Crippen LogP contribution in [-0.4, -0.2) is 52.3 Å². The van der Waals surface area contributed by atoms with Gasteiger partial charge in [0.1, 0.15) is 29.8 Å². The fourth-order valence-corrected chi connectivity index (χ4v) is 3.53. The van der Waals surface area contributed by atoms with E-state index in [9.17, 15) is 9.18 Å². The molecule has 182 valence electrons. The molecule has 0 saturated heterocycles. The molecule has 0 unspecified atom stereocenters. The maximum atomic E-state index is 13.5. The number of nitrogens with zero attached hydrogens (tertiary/aromatic N) is 4. The number of halogens is 1. The summed E-state index contributed by atoms with van der Waals surface area (Å²) in [6.07, 6.45) is 3.79. The largest absolute Gasteiger partial charge is 0.491 e. The lowest BCUT2D eigenvalue weighted by atomic mass is 10.2. The molecule has 1 aromatic carbocycles. The Kier molecular flexibility index (Phi) is 7.84. The Bertz CT molecular complexity index is 1290. The summed E-state index contributed by atoms with van der Waals surface area (Å²) in [5.41, 5.74) is 2.65. The van der Waals surface area contributed by atoms with Crippen LogP contribution in [0.3, 0.4) is 0 Å². The van der Waals surface area contributed by atoms with Gasteiger partial charge in [0.05, 0.1) is 35.4 Å². The van der Waals surface area contributed by atoms with Gasteiger partial charge in [-0.05, 0) is 36.4 Å². The van der Waals surface area contributed by atoms with E-state index in [1.807, 2.05) is 11.6 Å². The summed E-state index contributed by atoms with van der Waals surface area (Å²) in [7, 11) is 3.48. The molecule has 1 amide bonds. The van der Waals surface area contributed by atoms with Crippen LogP contribution in [0.2, 0.25) is 0 Å². The van der Waals surface area contributed by atoms with E-state index in [1.165, 1.54) is 18.3 Å². The smallest absolute Gasteiger partial charge is 0.253 e. The van der Waals surface area contributed by atoms with Gasteiger partial charge >= 0.3 is 0 Å². The number of fused-ring (bicyclic) bond motifs is 1. The molecule has 0 aliphatic carbocycles. The minimum atomic E-state index is -0.282. The van der Waals surface area contributed by atoms with Crippen LogP contribution in [0.25, 0.3) is 11.0 Å². The topological polar surface area (TPSA) is 103 Å². The van der Waals surface area contributed by atoms with Crippen LogP contribution in [-0.2, 0) is 24.8 Å². The average Bonchev–Trinajstić information content (AvgIpc) is 3.18. The highest BCUT2D eigenvalue weighted by Gasteiger charge is 2.10. The fraction of sp³-hybridized carbons (Fsp3) is 0.280. The molecular formula is C25H27FN6O3. The van der Waals surface area contributed by atoms with Crippen molar-refractivity contribution in [1.29, 1.82) is 0 Å². The number of aryl methyl sites for hydroxylation is 1. The Morgan fingerprint density at radius 3 is 2.80 bits per heavy atom. The molecule has 0 radical (unpaired) electrons. The van der Waals surface area contributed by atoms with Crippen LogP contribution in [0.4, 0.5) is 10.2 Å². The van der Waals surface area contributed by atoms with Crippen molar-refractivity contribution >= 4 is 22.8 Å². The van der Waals surface area contributed by atoms with E-state index in [0.717, 1.165) is 16.9 Å². The zero-order valence-corrected chi connectivity index (χ0v) is 19.6. The lowest BCUT2D eigenvalue weighted by Gasteiger charge is -2.09. The van der Waals surface area contributed by atoms with Crippen molar-refractivity contribution in [3.8, 4) is 5.75 Å². The average molecular weight is 479 g/mol. The highest BCUT2D eigenvalue weighted by Crippen LogP contribution is 2.17. The number of aromatic nitrogens is 4. The van der Waals surface area contributed by atoms with Gasteiger partial charge in [0.25, 0.3) is 5.91 Å². The van der Waals surface area contributed by atoms with Gasteiger partial charge in [-0.3, -0.25) is 9.78 Å². The Morgan fingerprint density at radius 2 is 2.00 bits per heavy atom. The quantitative estimate of drug-likeness (QED) is 0.319. The van der Waals surface area contributed by atoms with Crippen LogP contribution in [0.15, 0.2) is 54.9 Å². The minimum absolute atomic E-state index is 0.247. The molecule has 0 fully saturated rings. The molecule has 0 bridgehead atoms. The standard InChI is InChI=1S/C25H27FN6O3/c1-32-22-13-18(26)4-5-21(22)31-24(32)8-10-28-23-6-3-17(15-29-23)25(33)30-16-19-14-20(7-9-27-19)35-12-11-34-2/h3-7,9,13-15H,8,10-12,16H2,1-2H3,(H,28,29)(H,30,33). The van der Waals surface area contributed by atoms with Gasteiger partial charge in [0.15, 0.2) is 0 Å². The van der Waals surface area contributed by atoms with Gasteiger partial charge in [-0.25, -0.2) is 14.4 Å². The maximum Gasteiger partial charge on any atom is 0.253 e. The third-order valence-corrected chi connectivity index (χ3v) is 5.39. The number of rotatable bonds is 11. The number of methoxy groups -OCH3 is 1. The summed E-state index contributed by atoms with van der Waals surface area (Å²) in [6, 6.07) is 11.6. The molecule has 4 rings (SSSR count). The van der Waals surface area contributed by atoms with Gasteiger partial charge in [-0.15, -0.1) is 0 Å². The SMILES string of the molecule is COCCOc1ccnc(CNC(=O)c2ccc(NCCc3nc4ccc(F)cc4n3C)nc2)c1. The molecule has 3 aromatic heterocycles. The number of imidazole rings is 1. The zero-order valence-electron chi connectivity index (χ0n) is 19.6. The van der Waals surface area contributed by atoms with E-state index < -0.39 is 0 Å². The van der Waals surface area contributed by atoms with Crippen molar-refractivity contribution in [3.63, 3.8) is 0 Å². The molecule has 3 heterocycles. The van der Waals surface area contributed by atoms with Gasteiger partial charge in [0.2, 0.25) is 0 Å². The van der Waals surface area contributed by atoms with Crippen molar-refractivity contribution in [3.05, 3.63) is 77.8 Å². The first-order valence-electron chi connectivity index (χ1n) is 11.2. The molecule has 10 heteroatoms. The number of benzene rings is 1. The van der Waals surface area contributed by atoms with Crippen LogP contribution >= 0.6 is 0 Å². The Morgan fingerprint density at radius 1 is 1.11 bits per heavy atom. The number of hydrogen-bond acceptors (Lipinski definition) is 7. The summed E-state index contributed by atoms with van der Waals surface area (Å²) in [6.45, 7) is 1.79. The molecule has 35 heavy (non-hydrogen) atoms. The molecule has 4 aromatic rings. The number of anilines is 1. The number of carbonyl (C=O) groups is 1. The van der Waals surface area contributed by atoms with Crippen LogP contribution in [0.1, 0.15) is 21.9 Å². The first kappa shape index (κ1) is 24.1. The fourth-order valence-electron chi connectivity index (χ4n) is 3.53. The highest BCUT2D eigenvalue weighted by atomic mass is 19.1. The minimum Gasteiger partial charge on any atom is -0.491 e.